The average molecular weight is 285 g/mol. The van der Waals surface area contributed by atoms with Crippen molar-refractivity contribution >= 4 is 28.8 Å². The van der Waals surface area contributed by atoms with Crippen LogP contribution in [0.5, 0.6) is 0 Å². The molecule has 0 spiro atoms. The van der Waals surface area contributed by atoms with Crippen LogP contribution in [0.15, 0.2) is 47.4 Å². The number of benzene rings is 2. The number of carboxylic acids is 1. The van der Waals surface area contributed by atoms with Crippen molar-refractivity contribution in [1.82, 2.24) is 15.0 Å². The molecule has 0 saturated heterocycles. The van der Waals surface area contributed by atoms with Gasteiger partial charge in [-0.2, -0.15) is 0 Å². The Morgan fingerprint density at radius 2 is 1.95 bits per heavy atom. The summed E-state index contributed by atoms with van der Waals surface area (Å²) < 4.78 is 1.70. The Kier molecular flexibility index (Phi) is 3.15. The first-order valence-electron chi connectivity index (χ1n) is 5.92. The Morgan fingerprint density at radius 3 is 2.60 bits per heavy atom. The number of hydrogen-bond acceptors (Lipinski definition) is 4. The number of carboxylic acid groups (broad SMARTS) is 1. The van der Waals surface area contributed by atoms with Crippen molar-refractivity contribution in [3.05, 3.63) is 48.0 Å². The van der Waals surface area contributed by atoms with E-state index in [1.807, 2.05) is 30.5 Å². The van der Waals surface area contributed by atoms with Crippen LogP contribution in [0.1, 0.15) is 10.4 Å². The van der Waals surface area contributed by atoms with Gasteiger partial charge in [0.25, 0.3) is 0 Å². The summed E-state index contributed by atoms with van der Waals surface area (Å²) in [5.41, 5.74) is 2.46. The molecule has 0 aliphatic carbocycles. The molecule has 0 aliphatic rings. The summed E-state index contributed by atoms with van der Waals surface area (Å²) in [7, 11) is 0. The molecule has 0 aliphatic heterocycles. The van der Waals surface area contributed by atoms with Crippen LogP contribution in [-0.2, 0) is 0 Å². The van der Waals surface area contributed by atoms with Crippen LogP contribution < -0.4 is 0 Å². The molecule has 0 amide bonds. The zero-order chi connectivity index (χ0) is 14.1. The van der Waals surface area contributed by atoms with Gasteiger partial charge in [0.05, 0.1) is 16.8 Å². The van der Waals surface area contributed by atoms with Crippen LogP contribution in [0.2, 0.25) is 0 Å². The molecule has 20 heavy (non-hydrogen) atoms. The Balaban J connectivity index is 2.09. The molecule has 3 aromatic rings. The lowest BCUT2D eigenvalue weighted by Crippen LogP contribution is -1.97. The lowest BCUT2D eigenvalue weighted by Gasteiger charge is -2.03. The van der Waals surface area contributed by atoms with Crippen LogP contribution in [0.25, 0.3) is 16.7 Å². The summed E-state index contributed by atoms with van der Waals surface area (Å²) in [4.78, 5) is 12.1. The van der Waals surface area contributed by atoms with Gasteiger partial charge in [-0.3, -0.25) is 0 Å². The molecule has 1 aromatic heterocycles. The highest BCUT2D eigenvalue weighted by molar-refractivity contribution is 7.98. The van der Waals surface area contributed by atoms with Crippen molar-refractivity contribution in [3.63, 3.8) is 0 Å². The van der Waals surface area contributed by atoms with E-state index >= 15 is 0 Å². The fraction of sp³-hybridized carbons (Fsp3) is 0.0714. The number of hydrogen-bond donors (Lipinski definition) is 1. The number of aromatic carboxylic acids is 1. The normalized spacial score (nSPS) is 10.8. The maximum atomic E-state index is 10.9. The first-order valence-corrected chi connectivity index (χ1v) is 7.15. The average Bonchev–Trinajstić information content (AvgIpc) is 2.90. The molecule has 0 fully saturated rings. The molecule has 1 N–H and O–H groups in total. The third-order valence-corrected chi connectivity index (χ3v) is 3.75. The number of thioether (sulfide) groups is 1. The zero-order valence-corrected chi connectivity index (χ0v) is 11.5. The number of carbonyl (C=O) groups is 1. The molecule has 5 nitrogen and oxygen atoms in total. The topological polar surface area (TPSA) is 68.0 Å². The van der Waals surface area contributed by atoms with Gasteiger partial charge in [-0.1, -0.05) is 5.21 Å². The van der Waals surface area contributed by atoms with E-state index in [0.29, 0.717) is 5.52 Å². The van der Waals surface area contributed by atoms with Gasteiger partial charge in [0.2, 0.25) is 0 Å². The van der Waals surface area contributed by atoms with Crippen molar-refractivity contribution in [2.45, 2.75) is 4.90 Å². The molecule has 100 valence electrons. The molecule has 2 aromatic carbocycles. The van der Waals surface area contributed by atoms with E-state index < -0.39 is 5.97 Å². The van der Waals surface area contributed by atoms with Crippen molar-refractivity contribution in [1.29, 1.82) is 0 Å². The SMILES string of the molecule is CSc1ccc(-n2nnc3cc(C(=O)O)ccc32)cc1. The zero-order valence-electron chi connectivity index (χ0n) is 10.6. The maximum absolute atomic E-state index is 10.9. The Hall–Kier alpha value is -2.34. The molecule has 0 unspecified atom stereocenters. The second-order valence-corrected chi connectivity index (χ2v) is 5.09. The standard InChI is InChI=1S/C14H11N3O2S/c1-20-11-5-3-10(4-6-11)17-13-7-2-9(14(18)19)8-12(13)15-16-17/h2-8H,1H3,(H,18,19). The number of nitrogens with zero attached hydrogens (tertiary/aromatic N) is 3. The van der Waals surface area contributed by atoms with Crippen LogP contribution in [0.3, 0.4) is 0 Å². The summed E-state index contributed by atoms with van der Waals surface area (Å²) in [5.74, 6) is -0.967. The molecule has 6 heteroatoms. The lowest BCUT2D eigenvalue weighted by molar-refractivity contribution is 0.0697. The molecule has 1 heterocycles. The van der Waals surface area contributed by atoms with Crippen LogP contribution in [0.4, 0.5) is 0 Å². The minimum atomic E-state index is -0.967. The third kappa shape index (κ3) is 2.14. The predicted molar refractivity (Wildman–Crippen MR) is 77.6 cm³/mol. The van der Waals surface area contributed by atoms with Gasteiger partial charge < -0.3 is 5.11 Å². The van der Waals surface area contributed by atoms with E-state index in [2.05, 4.69) is 10.3 Å². The van der Waals surface area contributed by atoms with Crippen molar-refractivity contribution in [2.75, 3.05) is 6.26 Å². The molecule has 0 atom stereocenters. The van der Waals surface area contributed by atoms with Gasteiger partial charge in [0.1, 0.15) is 5.52 Å². The summed E-state index contributed by atoms with van der Waals surface area (Å²) in [6.07, 6.45) is 2.02. The molecular weight excluding hydrogens is 274 g/mol. The molecule has 0 radical (unpaired) electrons. The lowest BCUT2D eigenvalue weighted by atomic mass is 10.2. The quantitative estimate of drug-likeness (QED) is 0.749. The monoisotopic (exact) mass is 285 g/mol. The van der Waals surface area contributed by atoms with E-state index in [4.69, 9.17) is 5.11 Å². The fourth-order valence-electron chi connectivity index (χ4n) is 1.97. The van der Waals surface area contributed by atoms with E-state index in [1.54, 1.807) is 28.6 Å². The van der Waals surface area contributed by atoms with Gasteiger partial charge in [-0.15, -0.1) is 16.9 Å². The first kappa shape index (κ1) is 12.7. The Morgan fingerprint density at radius 1 is 1.20 bits per heavy atom. The van der Waals surface area contributed by atoms with Crippen LogP contribution in [0, 0.1) is 0 Å². The Labute approximate surface area is 119 Å². The summed E-state index contributed by atoms with van der Waals surface area (Å²) in [6.45, 7) is 0. The summed E-state index contributed by atoms with van der Waals surface area (Å²) in [6, 6.07) is 12.8. The van der Waals surface area contributed by atoms with Crippen molar-refractivity contribution < 1.29 is 9.90 Å². The van der Waals surface area contributed by atoms with E-state index in [9.17, 15) is 4.79 Å². The van der Waals surface area contributed by atoms with Gasteiger partial charge in [0.15, 0.2) is 0 Å². The van der Waals surface area contributed by atoms with E-state index in [1.165, 1.54) is 11.0 Å². The highest BCUT2D eigenvalue weighted by Crippen LogP contribution is 2.20. The second-order valence-electron chi connectivity index (χ2n) is 4.21. The highest BCUT2D eigenvalue weighted by Gasteiger charge is 2.10. The first-order chi connectivity index (χ1) is 9.69. The molecular formula is C14H11N3O2S. The van der Waals surface area contributed by atoms with Crippen LogP contribution in [-0.4, -0.2) is 32.3 Å². The van der Waals surface area contributed by atoms with Gasteiger partial charge in [-0.05, 0) is 48.7 Å². The third-order valence-electron chi connectivity index (χ3n) is 3.01. The maximum Gasteiger partial charge on any atom is 0.335 e. The van der Waals surface area contributed by atoms with E-state index in [0.717, 1.165) is 11.2 Å². The van der Waals surface area contributed by atoms with Gasteiger partial charge >= 0.3 is 5.97 Å². The predicted octanol–water partition coefficient (Wildman–Crippen LogP) is 2.84. The second kappa shape index (κ2) is 4.97. The van der Waals surface area contributed by atoms with Gasteiger partial charge in [0, 0.05) is 4.90 Å². The molecule has 0 bridgehead atoms. The summed E-state index contributed by atoms with van der Waals surface area (Å²) in [5, 5.41) is 17.1. The highest BCUT2D eigenvalue weighted by atomic mass is 32.2. The summed E-state index contributed by atoms with van der Waals surface area (Å²) >= 11 is 1.67. The van der Waals surface area contributed by atoms with E-state index in [-0.39, 0.29) is 5.56 Å². The van der Waals surface area contributed by atoms with Gasteiger partial charge in [-0.25, -0.2) is 9.48 Å². The van der Waals surface area contributed by atoms with Crippen molar-refractivity contribution in [2.24, 2.45) is 0 Å². The molecule has 3 rings (SSSR count). The number of fused-ring (bicyclic) bond motifs is 1. The number of aromatic nitrogens is 3. The number of rotatable bonds is 3. The molecule has 0 saturated carbocycles. The van der Waals surface area contributed by atoms with Crippen LogP contribution >= 0.6 is 11.8 Å². The largest absolute Gasteiger partial charge is 0.478 e. The minimum Gasteiger partial charge on any atom is -0.478 e. The fourth-order valence-corrected chi connectivity index (χ4v) is 2.38. The Bertz CT molecular complexity index is 781. The minimum absolute atomic E-state index is 0.210. The van der Waals surface area contributed by atoms with Crippen molar-refractivity contribution in [3.8, 4) is 5.69 Å². The smallest absolute Gasteiger partial charge is 0.335 e.